The van der Waals surface area contributed by atoms with Gasteiger partial charge in [0.2, 0.25) is 11.8 Å². The van der Waals surface area contributed by atoms with Gasteiger partial charge in [0.1, 0.15) is 0 Å². The maximum Gasteiger partial charge on any atom is 0.248 e. The van der Waals surface area contributed by atoms with Crippen LogP contribution in [0.5, 0.6) is 0 Å². The third-order valence-electron chi connectivity index (χ3n) is 3.45. The second-order valence-corrected chi connectivity index (χ2v) is 8.49. The molecular formula is C18H15N3O3S3. The van der Waals surface area contributed by atoms with Gasteiger partial charge < -0.3 is 11.1 Å². The lowest BCUT2D eigenvalue weighted by atomic mass is 10.2. The highest BCUT2D eigenvalue weighted by Crippen LogP contribution is 2.24. The number of nitrogens with two attached hydrogens (primary N) is 1. The molecule has 0 aliphatic rings. The summed E-state index contributed by atoms with van der Waals surface area (Å²) in [7, 11) is 0. The number of thiophene rings is 1. The number of rotatable bonds is 8. The summed E-state index contributed by atoms with van der Waals surface area (Å²) in [5, 5.41) is 6.44. The first kappa shape index (κ1) is 19.3. The van der Waals surface area contributed by atoms with Crippen molar-refractivity contribution in [2.45, 2.75) is 10.8 Å². The molecule has 0 atom stereocenters. The normalized spacial score (nSPS) is 10.5. The van der Waals surface area contributed by atoms with Crippen molar-refractivity contribution in [2.75, 3.05) is 11.1 Å². The number of thioether (sulfide) groups is 1. The first-order chi connectivity index (χ1) is 13.0. The molecule has 0 aliphatic carbocycles. The molecule has 0 bridgehead atoms. The molecule has 3 rings (SSSR count). The molecular weight excluding hydrogens is 402 g/mol. The molecule has 0 radical (unpaired) electrons. The van der Waals surface area contributed by atoms with Gasteiger partial charge in [-0.05, 0) is 35.7 Å². The Morgan fingerprint density at radius 1 is 1.11 bits per heavy atom. The number of thiazole rings is 1. The molecule has 3 aromatic rings. The van der Waals surface area contributed by atoms with E-state index in [0.717, 1.165) is 9.22 Å². The smallest absolute Gasteiger partial charge is 0.248 e. The number of primary amides is 1. The largest absolute Gasteiger partial charge is 0.366 e. The number of carbonyl (C=O) groups excluding carboxylic acids is 3. The van der Waals surface area contributed by atoms with E-state index in [1.54, 1.807) is 30.3 Å². The Labute approximate surface area is 167 Å². The van der Waals surface area contributed by atoms with Crippen molar-refractivity contribution in [1.29, 1.82) is 0 Å². The van der Waals surface area contributed by atoms with Gasteiger partial charge in [-0.25, -0.2) is 4.98 Å². The van der Waals surface area contributed by atoms with Crippen molar-refractivity contribution >= 4 is 57.7 Å². The molecule has 2 aromatic heterocycles. The van der Waals surface area contributed by atoms with E-state index in [2.05, 4.69) is 10.3 Å². The number of ketones is 1. The summed E-state index contributed by atoms with van der Waals surface area (Å²) in [6.45, 7) is 0. The summed E-state index contributed by atoms with van der Waals surface area (Å²) in [4.78, 5) is 40.3. The van der Waals surface area contributed by atoms with Gasteiger partial charge in [0.15, 0.2) is 10.1 Å². The first-order valence-electron chi connectivity index (χ1n) is 7.85. The van der Waals surface area contributed by atoms with Crippen LogP contribution in [0.2, 0.25) is 0 Å². The highest BCUT2D eigenvalue weighted by Gasteiger charge is 2.12. The van der Waals surface area contributed by atoms with Crippen LogP contribution in [-0.2, 0) is 11.2 Å². The molecule has 2 amide bonds. The van der Waals surface area contributed by atoms with Crippen LogP contribution < -0.4 is 11.1 Å². The molecule has 0 unspecified atom stereocenters. The Morgan fingerprint density at radius 2 is 1.89 bits per heavy atom. The lowest BCUT2D eigenvalue weighted by Crippen LogP contribution is -2.15. The van der Waals surface area contributed by atoms with Gasteiger partial charge in [0, 0.05) is 16.6 Å². The number of amides is 2. The fourth-order valence-electron chi connectivity index (χ4n) is 2.16. The SMILES string of the molecule is NC(=O)c1ccc(NC(=O)Cc2csc(SCC(=O)c3cccs3)n2)cc1. The first-order valence-corrected chi connectivity index (χ1v) is 10.6. The number of nitrogens with zero attached hydrogens (tertiary/aromatic N) is 1. The van der Waals surface area contributed by atoms with E-state index < -0.39 is 5.91 Å². The summed E-state index contributed by atoms with van der Waals surface area (Å²) in [6.07, 6.45) is 0.132. The Kier molecular flexibility index (Phi) is 6.38. The molecule has 1 aromatic carbocycles. The number of hydrogen-bond acceptors (Lipinski definition) is 7. The minimum absolute atomic E-state index is 0.0731. The van der Waals surface area contributed by atoms with Crippen LogP contribution in [0.4, 0.5) is 5.69 Å². The highest BCUT2D eigenvalue weighted by atomic mass is 32.2. The zero-order valence-corrected chi connectivity index (χ0v) is 16.5. The molecule has 6 nitrogen and oxygen atoms in total. The van der Waals surface area contributed by atoms with Crippen molar-refractivity contribution < 1.29 is 14.4 Å². The molecule has 0 aliphatic heterocycles. The zero-order valence-electron chi connectivity index (χ0n) is 14.0. The summed E-state index contributed by atoms with van der Waals surface area (Å²) < 4.78 is 0.758. The molecule has 0 saturated heterocycles. The maximum absolute atomic E-state index is 12.1. The van der Waals surface area contributed by atoms with Crippen molar-refractivity contribution in [3.8, 4) is 0 Å². The molecule has 9 heteroatoms. The Balaban J connectivity index is 1.50. The predicted octanol–water partition coefficient (Wildman–Crippen LogP) is 3.46. The van der Waals surface area contributed by atoms with E-state index in [9.17, 15) is 14.4 Å². The Bertz CT molecular complexity index is 950. The summed E-state index contributed by atoms with van der Waals surface area (Å²) >= 11 is 4.21. The maximum atomic E-state index is 12.1. The van der Waals surface area contributed by atoms with E-state index in [1.165, 1.54) is 34.4 Å². The van der Waals surface area contributed by atoms with Crippen molar-refractivity contribution in [3.63, 3.8) is 0 Å². The van der Waals surface area contributed by atoms with E-state index >= 15 is 0 Å². The fraction of sp³-hybridized carbons (Fsp3) is 0.111. The van der Waals surface area contributed by atoms with Gasteiger partial charge in [0.25, 0.3) is 0 Å². The van der Waals surface area contributed by atoms with Crippen LogP contribution in [0.25, 0.3) is 0 Å². The lowest BCUT2D eigenvalue weighted by Gasteiger charge is -2.04. The van der Waals surface area contributed by atoms with E-state index in [-0.39, 0.29) is 18.1 Å². The second kappa shape index (κ2) is 8.94. The van der Waals surface area contributed by atoms with Gasteiger partial charge in [-0.15, -0.1) is 22.7 Å². The van der Waals surface area contributed by atoms with E-state index in [4.69, 9.17) is 5.73 Å². The average Bonchev–Trinajstić information content (AvgIpc) is 3.32. The number of benzene rings is 1. The van der Waals surface area contributed by atoms with Crippen molar-refractivity contribution in [1.82, 2.24) is 4.98 Å². The molecule has 3 N–H and O–H groups in total. The van der Waals surface area contributed by atoms with Crippen LogP contribution in [-0.4, -0.2) is 28.3 Å². The van der Waals surface area contributed by atoms with E-state index in [1.807, 2.05) is 16.8 Å². The molecule has 0 spiro atoms. The standard InChI is InChI=1S/C18H15N3O3S3/c19-17(24)11-3-5-12(6-4-11)20-16(23)8-13-9-26-18(21-13)27-10-14(22)15-2-1-7-25-15/h1-7,9H,8,10H2,(H2,19,24)(H,20,23). The van der Waals surface area contributed by atoms with Gasteiger partial charge in [0.05, 0.1) is 22.7 Å². The molecule has 0 saturated carbocycles. The van der Waals surface area contributed by atoms with Gasteiger partial charge in [-0.3, -0.25) is 14.4 Å². The molecule has 27 heavy (non-hydrogen) atoms. The average molecular weight is 418 g/mol. The number of Topliss-reactive ketones (excluding diaryl/α,β-unsaturated/α-hetero) is 1. The van der Waals surface area contributed by atoms with Gasteiger partial charge in [-0.2, -0.15) is 0 Å². The van der Waals surface area contributed by atoms with Crippen LogP contribution in [0.3, 0.4) is 0 Å². The van der Waals surface area contributed by atoms with Crippen LogP contribution in [0, 0.1) is 0 Å². The minimum Gasteiger partial charge on any atom is -0.366 e. The van der Waals surface area contributed by atoms with Crippen LogP contribution >= 0.6 is 34.4 Å². The fourth-order valence-corrected chi connectivity index (χ4v) is 4.64. The van der Waals surface area contributed by atoms with Crippen LogP contribution in [0.1, 0.15) is 25.7 Å². The minimum atomic E-state index is -0.516. The number of aromatic nitrogens is 1. The monoisotopic (exact) mass is 417 g/mol. The third kappa shape index (κ3) is 5.49. The number of hydrogen-bond donors (Lipinski definition) is 2. The van der Waals surface area contributed by atoms with Crippen molar-refractivity contribution in [2.24, 2.45) is 5.73 Å². The molecule has 2 heterocycles. The van der Waals surface area contributed by atoms with Crippen LogP contribution in [0.15, 0.2) is 51.5 Å². The van der Waals surface area contributed by atoms with E-state index in [0.29, 0.717) is 22.7 Å². The quantitative estimate of drug-likeness (QED) is 0.432. The molecule has 138 valence electrons. The highest BCUT2D eigenvalue weighted by molar-refractivity contribution is 8.01. The predicted molar refractivity (Wildman–Crippen MR) is 109 cm³/mol. The second-order valence-electron chi connectivity index (χ2n) is 5.46. The zero-order chi connectivity index (χ0) is 19.2. The third-order valence-corrected chi connectivity index (χ3v) is 6.43. The Morgan fingerprint density at radius 3 is 2.56 bits per heavy atom. The summed E-state index contributed by atoms with van der Waals surface area (Å²) in [5.41, 5.74) is 6.80. The van der Waals surface area contributed by atoms with Gasteiger partial charge >= 0.3 is 0 Å². The number of carbonyl (C=O) groups is 3. The van der Waals surface area contributed by atoms with Gasteiger partial charge in [-0.1, -0.05) is 17.8 Å². The number of nitrogens with one attached hydrogen (secondary N) is 1. The van der Waals surface area contributed by atoms with Crippen molar-refractivity contribution in [3.05, 3.63) is 63.3 Å². The summed E-state index contributed by atoms with van der Waals surface area (Å²) in [6, 6.07) is 10.0. The summed E-state index contributed by atoms with van der Waals surface area (Å²) in [5.74, 6) is -0.327. The topological polar surface area (TPSA) is 102 Å². The lowest BCUT2D eigenvalue weighted by molar-refractivity contribution is -0.115. The molecule has 0 fully saturated rings. The number of anilines is 1. The Hall–Kier alpha value is -2.49.